The van der Waals surface area contributed by atoms with Gasteiger partial charge in [0, 0.05) is 12.3 Å². The Hall–Kier alpha value is -0.980. The summed E-state index contributed by atoms with van der Waals surface area (Å²) in [5, 5.41) is 31.3. The third kappa shape index (κ3) is 2.85. The number of esters is 1. The molecular formula is C23H36O6. The molecule has 4 saturated carbocycles. The summed E-state index contributed by atoms with van der Waals surface area (Å²) in [7, 11) is 0. The third-order valence-electron chi connectivity index (χ3n) is 9.60. The van der Waals surface area contributed by atoms with E-state index in [1.807, 2.05) is 6.92 Å². The van der Waals surface area contributed by atoms with Crippen LogP contribution in [0.5, 0.6) is 0 Å². The number of hydrogen-bond donors (Lipinski definition) is 3. The largest absolute Gasteiger partial charge is 0.451 e. The molecule has 9 atom stereocenters. The molecule has 6 heteroatoms. The van der Waals surface area contributed by atoms with Crippen molar-refractivity contribution >= 4 is 11.8 Å². The van der Waals surface area contributed by atoms with Crippen LogP contribution in [-0.2, 0) is 14.3 Å². The van der Waals surface area contributed by atoms with E-state index in [9.17, 15) is 24.9 Å². The Morgan fingerprint density at radius 2 is 1.79 bits per heavy atom. The van der Waals surface area contributed by atoms with Crippen LogP contribution in [0.3, 0.4) is 0 Å². The molecule has 0 bridgehead atoms. The van der Waals surface area contributed by atoms with Gasteiger partial charge in [-0.05, 0) is 80.5 Å². The summed E-state index contributed by atoms with van der Waals surface area (Å²) in [6.07, 6.45) is 5.30. The van der Waals surface area contributed by atoms with Crippen molar-refractivity contribution in [2.24, 2.45) is 34.5 Å². The summed E-state index contributed by atoms with van der Waals surface area (Å²) in [5.41, 5.74) is -2.02. The third-order valence-corrected chi connectivity index (χ3v) is 9.60. The van der Waals surface area contributed by atoms with Crippen LogP contribution in [0.1, 0.15) is 72.1 Å². The Morgan fingerprint density at radius 1 is 1.07 bits per heavy atom. The summed E-state index contributed by atoms with van der Waals surface area (Å²) in [5.74, 6) is 0.0557. The van der Waals surface area contributed by atoms with Gasteiger partial charge in [-0.25, -0.2) is 0 Å². The maximum Gasteiger partial charge on any atom is 0.303 e. The molecule has 0 aromatic carbocycles. The van der Waals surface area contributed by atoms with Gasteiger partial charge in [0.2, 0.25) is 5.78 Å². The first-order chi connectivity index (χ1) is 13.6. The average molecular weight is 409 g/mol. The highest BCUT2D eigenvalue weighted by molar-refractivity contribution is 5.91. The molecule has 29 heavy (non-hydrogen) atoms. The molecule has 4 aliphatic carbocycles. The number of Topliss-reactive ketones (excluding diaryl/α,β-unsaturated/α-hetero) is 1. The fourth-order valence-electron chi connectivity index (χ4n) is 8.40. The molecule has 4 rings (SSSR count). The standard InChI is InChI=1S/C23H36O6/c1-13(25)29-23(19(28)12-24)9-7-17-16-5-4-14-10-15(26)6-8-21(14,2)20(16)18(27)11-22(17,23)3/h14-18,20,24,26-27H,4-12H2,1-3H3/t14-,15-,16+,17+,18+,20-,21+,22+,23+/m1/s1. The lowest BCUT2D eigenvalue weighted by atomic mass is 9.43. The number of rotatable bonds is 3. The molecular weight excluding hydrogens is 372 g/mol. The molecule has 0 heterocycles. The molecule has 4 aliphatic rings. The Kier molecular flexibility index (Phi) is 5.15. The van der Waals surface area contributed by atoms with E-state index in [2.05, 4.69) is 6.92 Å². The molecule has 164 valence electrons. The number of aliphatic hydroxyl groups excluding tert-OH is 3. The highest BCUT2D eigenvalue weighted by Crippen LogP contribution is 2.69. The lowest BCUT2D eigenvalue weighted by Crippen LogP contribution is -2.64. The predicted octanol–water partition coefficient (Wildman–Crippen LogP) is 2.22. The van der Waals surface area contributed by atoms with Crippen LogP contribution in [0.2, 0.25) is 0 Å². The van der Waals surface area contributed by atoms with Gasteiger partial charge in [-0.1, -0.05) is 13.8 Å². The molecule has 0 spiro atoms. The number of carbonyl (C=O) groups is 2. The number of carbonyl (C=O) groups excluding carboxylic acids is 2. The first-order valence-electron chi connectivity index (χ1n) is 11.3. The van der Waals surface area contributed by atoms with E-state index in [0.29, 0.717) is 18.8 Å². The molecule has 6 nitrogen and oxygen atoms in total. The van der Waals surface area contributed by atoms with Gasteiger partial charge >= 0.3 is 5.97 Å². The zero-order valence-corrected chi connectivity index (χ0v) is 17.9. The molecule has 0 aliphatic heterocycles. The minimum Gasteiger partial charge on any atom is -0.451 e. The van der Waals surface area contributed by atoms with E-state index in [1.54, 1.807) is 0 Å². The second-order valence-corrected chi connectivity index (χ2v) is 10.7. The Balaban J connectivity index is 1.72. The highest BCUT2D eigenvalue weighted by atomic mass is 16.6. The van der Waals surface area contributed by atoms with Gasteiger partial charge in [-0.15, -0.1) is 0 Å². The molecule has 3 N–H and O–H groups in total. The lowest BCUT2D eigenvalue weighted by Gasteiger charge is -2.63. The Morgan fingerprint density at radius 3 is 2.45 bits per heavy atom. The van der Waals surface area contributed by atoms with Gasteiger partial charge in [0.05, 0.1) is 12.2 Å². The summed E-state index contributed by atoms with van der Waals surface area (Å²) >= 11 is 0. The van der Waals surface area contributed by atoms with Crippen molar-refractivity contribution in [3.63, 3.8) is 0 Å². The minimum atomic E-state index is -1.34. The maximum absolute atomic E-state index is 12.9. The topological polar surface area (TPSA) is 104 Å². The first kappa shape index (κ1) is 21.3. The van der Waals surface area contributed by atoms with E-state index in [1.165, 1.54) is 6.92 Å². The molecule has 0 aromatic heterocycles. The number of hydrogen-bond acceptors (Lipinski definition) is 6. The van der Waals surface area contributed by atoms with Crippen LogP contribution in [0.4, 0.5) is 0 Å². The van der Waals surface area contributed by atoms with Gasteiger partial charge in [-0.3, -0.25) is 9.59 Å². The summed E-state index contributed by atoms with van der Waals surface area (Å²) in [6, 6.07) is 0. The van der Waals surface area contributed by atoms with Crippen molar-refractivity contribution in [2.45, 2.75) is 89.9 Å². The van der Waals surface area contributed by atoms with Crippen LogP contribution < -0.4 is 0 Å². The van der Waals surface area contributed by atoms with Crippen molar-refractivity contribution in [3.05, 3.63) is 0 Å². The Labute approximate surface area is 173 Å². The smallest absolute Gasteiger partial charge is 0.303 e. The molecule has 4 fully saturated rings. The van der Waals surface area contributed by atoms with Gasteiger partial charge in [0.25, 0.3) is 0 Å². The van der Waals surface area contributed by atoms with Crippen LogP contribution >= 0.6 is 0 Å². The predicted molar refractivity (Wildman–Crippen MR) is 106 cm³/mol. The molecule has 0 amide bonds. The number of fused-ring (bicyclic) bond motifs is 5. The summed E-state index contributed by atoms with van der Waals surface area (Å²) in [4.78, 5) is 24.8. The first-order valence-corrected chi connectivity index (χ1v) is 11.3. The van der Waals surface area contributed by atoms with Crippen molar-refractivity contribution in [1.29, 1.82) is 0 Å². The zero-order valence-electron chi connectivity index (χ0n) is 17.9. The zero-order chi connectivity index (χ0) is 21.2. The van der Waals surface area contributed by atoms with Crippen molar-refractivity contribution in [1.82, 2.24) is 0 Å². The number of ether oxygens (including phenoxy) is 1. The van der Waals surface area contributed by atoms with Crippen molar-refractivity contribution in [2.75, 3.05) is 6.61 Å². The monoisotopic (exact) mass is 408 g/mol. The second-order valence-electron chi connectivity index (χ2n) is 10.7. The summed E-state index contributed by atoms with van der Waals surface area (Å²) in [6.45, 7) is 4.93. The van der Waals surface area contributed by atoms with Crippen LogP contribution in [0.25, 0.3) is 0 Å². The van der Waals surface area contributed by atoms with E-state index in [0.717, 1.165) is 38.5 Å². The fourth-order valence-corrected chi connectivity index (χ4v) is 8.40. The van der Waals surface area contributed by atoms with E-state index in [4.69, 9.17) is 4.74 Å². The van der Waals surface area contributed by atoms with Crippen molar-refractivity contribution in [3.8, 4) is 0 Å². The Bertz CT molecular complexity index is 693. The van der Waals surface area contributed by atoms with Gasteiger partial charge in [0.1, 0.15) is 6.61 Å². The highest BCUT2D eigenvalue weighted by Gasteiger charge is 2.70. The minimum absolute atomic E-state index is 0.00341. The second kappa shape index (κ2) is 7.03. The lowest BCUT2D eigenvalue weighted by molar-refractivity contribution is -0.213. The fraction of sp³-hybridized carbons (Fsp3) is 0.913. The van der Waals surface area contributed by atoms with E-state index in [-0.39, 0.29) is 29.3 Å². The van der Waals surface area contributed by atoms with Gasteiger partial charge in [-0.2, -0.15) is 0 Å². The molecule has 0 aromatic rings. The van der Waals surface area contributed by atoms with Crippen molar-refractivity contribution < 1.29 is 29.6 Å². The van der Waals surface area contributed by atoms with Crippen LogP contribution in [0.15, 0.2) is 0 Å². The SMILES string of the molecule is CC(=O)O[C@]1(C(=O)CO)CC[C@H]2[C@@H]3CC[C@@H]4C[C@H](O)CC[C@]4(C)[C@H]3[C@@H](O)C[C@@]21C. The number of ketones is 1. The van der Waals surface area contributed by atoms with E-state index >= 15 is 0 Å². The molecule has 0 radical (unpaired) electrons. The van der Waals surface area contributed by atoms with Gasteiger partial charge in [0.15, 0.2) is 5.60 Å². The number of aliphatic hydroxyl groups is 3. The normalized spacial score (nSPS) is 51.5. The van der Waals surface area contributed by atoms with E-state index < -0.39 is 35.5 Å². The summed E-state index contributed by atoms with van der Waals surface area (Å²) < 4.78 is 5.71. The van der Waals surface area contributed by atoms with Gasteiger partial charge < -0.3 is 20.1 Å². The average Bonchev–Trinajstić information content (AvgIpc) is 2.93. The van der Waals surface area contributed by atoms with Crippen LogP contribution in [0, 0.1) is 34.5 Å². The van der Waals surface area contributed by atoms with Crippen LogP contribution in [-0.4, -0.2) is 51.5 Å². The maximum atomic E-state index is 12.9. The molecule has 0 unspecified atom stereocenters. The quantitative estimate of drug-likeness (QED) is 0.619. The molecule has 0 saturated heterocycles.